The first-order valence-electron chi connectivity index (χ1n) is 10.3. The van der Waals surface area contributed by atoms with Crippen molar-refractivity contribution < 1.29 is 4.79 Å². The van der Waals surface area contributed by atoms with E-state index in [-0.39, 0.29) is 18.0 Å². The first kappa shape index (κ1) is 20.6. The third-order valence-electron chi connectivity index (χ3n) is 5.49. The second kappa shape index (κ2) is 9.00. The largest absolute Gasteiger partial charge is 0.355 e. The van der Waals surface area contributed by atoms with E-state index in [2.05, 4.69) is 31.2 Å². The van der Waals surface area contributed by atoms with Crippen molar-refractivity contribution in [3.05, 3.63) is 62.9 Å². The molecule has 1 aliphatic heterocycles. The van der Waals surface area contributed by atoms with Crippen molar-refractivity contribution in [1.82, 2.24) is 9.78 Å². The highest BCUT2D eigenvalue weighted by atomic mass is 79.9. The molecule has 0 saturated carbocycles. The Bertz CT molecular complexity index is 1130. The van der Waals surface area contributed by atoms with Gasteiger partial charge < -0.3 is 10.2 Å². The Morgan fingerprint density at radius 3 is 2.47 bits per heavy atom. The van der Waals surface area contributed by atoms with E-state index in [1.807, 2.05) is 49.4 Å². The quantitative estimate of drug-likeness (QED) is 0.612. The van der Waals surface area contributed by atoms with Crippen molar-refractivity contribution in [1.29, 1.82) is 0 Å². The topological polar surface area (TPSA) is 67.2 Å². The second-order valence-electron chi connectivity index (χ2n) is 7.75. The third-order valence-corrected chi connectivity index (χ3v) is 6.38. The van der Waals surface area contributed by atoms with Gasteiger partial charge in [0.2, 0.25) is 5.91 Å². The zero-order chi connectivity index (χ0) is 21.1. The van der Waals surface area contributed by atoms with E-state index in [1.54, 1.807) is 0 Å². The first-order chi connectivity index (χ1) is 14.5. The average Bonchev–Trinajstić information content (AvgIpc) is 3.02. The number of hydrogen-bond donors (Lipinski definition) is 1. The molecule has 7 heteroatoms. The minimum absolute atomic E-state index is 0.125. The van der Waals surface area contributed by atoms with E-state index in [0.29, 0.717) is 11.1 Å². The molecule has 0 aliphatic carbocycles. The van der Waals surface area contributed by atoms with Gasteiger partial charge in [0.05, 0.1) is 5.39 Å². The number of halogens is 1. The van der Waals surface area contributed by atoms with Crippen LogP contribution in [0.25, 0.3) is 10.8 Å². The van der Waals surface area contributed by atoms with Crippen molar-refractivity contribution in [3.8, 4) is 0 Å². The van der Waals surface area contributed by atoms with Gasteiger partial charge in [-0.1, -0.05) is 47.0 Å². The van der Waals surface area contributed by atoms with Crippen LogP contribution >= 0.6 is 15.9 Å². The number of anilines is 2. The highest BCUT2D eigenvalue weighted by molar-refractivity contribution is 9.10. The lowest BCUT2D eigenvalue weighted by Crippen LogP contribution is -2.33. The summed E-state index contributed by atoms with van der Waals surface area (Å²) in [6, 6.07) is 13.1. The van der Waals surface area contributed by atoms with Crippen molar-refractivity contribution in [2.24, 2.45) is 0 Å². The van der Waals surface area contributed by atoms with Gasteiger partial charge in [-0.2, -0.15) is 5.10 Å². The summed E-state index contributed by atoms with van der Waals surface area (Å²) < 4.78 is 2.28. The number of nitrogens with zero attached hydrogens (tertiary/aromatic N) is 3. The summed E-state index contributed by atoms with van der Waals surface area (Å²) in [5.74, 6) is 0.516. The molecule has 1 fully saturated rings. The highest BCUT2D eigenvalue weighted by Gasteiger charge is 2.18. The molecule has 30 heavy (non-hydrogen) atoms. The monoisotopic (exact) mass is 468 g/mol. The standard InChI is InChI=1S/C23H25BrN4O2/c1-16-14-17(10-11-20(16)24)25-21(29)15-28-23(30)19-9-5-4-8-18(19)22(26-28)27-12-6-2-3-7-13-27/h4-5,8-11,14H,2-3,6-7,12-13,15H2,1H3,(H,25,29). The smallest absolute Gasteiger partial charge is 0.275 e. The third kappa shape index (κ3) is 4.41. The number of hydrogen-bond acceptors (Lipinski definition) is 4. The SMILES string of the molecule is Cc1cc(NC(=O)Cn2nc(N3CCCCCC3)c3ccccc3c2=O)ccc1Br. The number of carbonyl (C=O) groups is 1. The summed E-state index contributed by atoms with van der Waals surface area (Å²) in [6.07, 6.45) is 4.64. The summed E-state index contributed by atoms with van der Waals surface area (Å²) >= 11 is 3.46. The number of carbonyl (C=O) groups excluding carboxylic acids is 1. The van der Waals surface area contributed by atoms with Crippen molar-refractivity contribution in [2.75, 3.05) is 23.3 Å². The van der Waals surface area contributed by atoms with Crippen LogP contribution in [0.1, 0.15) is 31.2 Å². The maximum atomic E-state index is 13.0. The molecule has 1 saturated heterocycles. The zero-order valence-electron chi connectivity index (χ0n) is 17.0. The number of aromatic nitrogens is 2. The minimum atomic E-state index is -0.275. The molecule has 0 bridgehead atoms. The lowest BCUT2D eigenvalue weighted by molar-refractivity contribution is -0.117. The minimum Gasteiger partial charge on any atom is -0.355 e. The fourth-order valence-corrected chi connectivity index (χ4v) is 4.15. The Morgan fingerprint density at radius 1 is 1.07 bits per heavy atom. The van der Waals surface area contributed by atoms with Crippen molar-refractivity contribution in [2.45, 2.75) is 39.2 Å². The van der Waals surface area contributed by atoms with Gasteiger partial charge in [-0.25, -0.2) is 4.68 Å². The van der Waals surface area contributed by atoms with Crippen LogP contribution in [0.15, 0.2) is 51.7 Å². The summed E-state index contributed by atoms with van der Waals surface area (Å²) in [6.45, 7) is 3.67. The molecule has 1 aliphatic rings. The van der Waals surface area contributed by atoms with Gasteiger partial charge in [-0.15, -0.1) is 0 Å². The van der Waals surface area contributed by atoms with Crippen LogP contribution in [0.4, 0.5) is 11.5 Å². The van der Waals surface area contributed by atoms with Crippen LogP contribution in [-0.4, -0.2) is 28.8 Å². The molecule has 6 nitrogen and oxygen atoms in total. The zero-order valence-corrected chi connectivity index (χ0v) is 18.6. The first-order valence-corrected chi connectivity index (χ1v) is 11.1. The molecule has 1 aromatic heterocycles. The van der Waals surface area contributed by atoms with Crippen LogP contribution < -0.4 is 15.8 Å². The fraction of sp³-hybridized carbons (Fsp3) is 0.348. The maximum Gasteiger partial charge on any atom is 0.275 e. The van der Waals surface area contributed by atoms with E-state index in [4.69, 9.17) is 0 Å². The molecule has 0 atom stereocenters. The molecule has 0 radical (unpaired) electrons. The predicted molar refractivity (Wildman–Crippen MR) is 124 cm³/mol. The summed E-state index contributed by atoms with van der Waals surface area (Å²) in [5.41, 5.74) is 1.48. The molecule has 1 amide bonds. The molecule has 3 aromatic rings. The lowest BCUT2D eigenvalue weighted by atomic mass is 10.1. The Hall–Kier alpha value is -2.67. The summed E-state index contributed by atoms with van der Waals surface area (Å²) in [5, 5.41) is 8.96. The van der Waals surface area contributed by atoms with Crippen LogP contribution in [0.3, 0.4) is 0 Å². The van der Waals surface area contributed by atoms with Crippen LogP contribution in [-0.2, 0) is 11.3 Å². The number of nitrogens with one attached hydrogen (secondary N) is 1. The van der Waals surface area contributed by atoms with Gasteiger partial charge in [-0.3, -0.25) is 9.59 Å². The van der Waals surface area contributed by atoms with Gasteiger partial charge >= 0.3 is 0 Å². The van der Waals surface area contributed by atoms with Crippen LogP contribution in [0.2, 0.25) is 0 Å². The number of rotatable bonds is 4. The molecule has 1 N–H and O–H groups in total. The maximum absolute atomic E-state index is 13.0. The van der Waals surface area contributed by atoms with E-state index in [1.165, 1.54) is 17.5 Å². The number of aryl methyl sites for hydroxylation is 1. The number of benzene rings is 2. The molecular formula is C23H25BrN4O2. The molecule has 4 rings (SSSR count). The molecule has 156 valence electrons. The van der Waals surface area contributed by atoms with E-state index in [9.17, 15) is 9.59 Å². The molecular weight excluding hydrogens is 444 g/mol. The van der Waals surface area contributed by atoms with Crippen LogP contribution in [0, 0.1) is 6.92 Å². The van der Waals surface area contributed by atoms with Crippen molar-refractivity contribution >= 4 is 44.1 Å². The van der Waals surface area contributed by atoms with Gasteiger partial charge in [-0.05, 0) is 49.6 Å². The van der Waals surface area contributed by atoms with Crippen LogP contribution in [0.5, 0.6) is 0 Å². The summed E-state index contributed by atoms with van der Waals surface area (Å²) in [7, 11) is 0. The highest BCUT2D eigenvalue weighted by Crippen LogP contribution is 2.25. The van der Waals surface area contributed by atoms with E-state index < -0.39 is 0 Å². The molecule has 2 aromatic carbocycles. The van der Waals surface area contributed by atoms with Gasteiger partial charge in [0, 0.05) is 28.6 Å². The number of fused-ring (bicyclic) bond motifs is 1. The Morgan fingerprint density at radius 2 is 1.77 bits per heavy atom. The van der Waals surface area contributed by atoms with E-state index >= 15 is 0 Å². The normalized spacial score (nSPS) is 14.5. The van der Waals surface area contributed by atoms with Gasteiger partial charge in [0.15, 0.2) is 5.82 Å². The van der Waals surface area contributed by atoms with Crippen molar-refractivity contribution in [3.63, 3.8) is 0 Å². The average molecular weight is 469 g/mol. The predicted octanol–water partition coefficient (Wildman–Crippen LogP) is 4.49. The fourth-order valence-electron chi connectivity index (χ4n) is 3.90. The Labute approximate surface area is 184 Å². The molecule has 0 spiro atoms. The second-order valence-corrected chi connectivity index (χ2v) is 8.60. The van der Waals surface area contributed by atoms with E-state index in [0.717, 1.165) is 47.2 Å². The lowest BCUT2D eigenvalue weighted by Gasteiger charge is -2.23. The Kier molecular flexibility index (Phi) is 6.18. The Balaban J connectivity index is 1.66. The summed E-state index contributed by atoms with van der Waals surface area (Å²) in [4.78, 5) is 27.9. The number of amides is 1. The molecule has 2 heterocycles. The van der Waals surface area contributed by atoms with Gasteiger partial charge in [0.25, 0.3) is 5.56 Å². The molecule has 0 unspecified atom stereocenters. The van der Waals surface area contributed by atoms with Gasteiger partial charge in [0.1, 0.15) is 6.54 Å².